The molecule has 1 heterocycles. The fourth-order valence-electron chi connectivity index (χ4n) is 2.37. The van der Waals surface area contributed by atoms with Crippen LogP contribution in [0.1, 0.15) is 12.0 Å². The topological polar surface area (TPSA) is 29.5 Å². The molecule has 0 spiro atoms. The van der Waals surface area contributed by atoms with Crippen LogP contribution in [0.3, 0.4) is 0 Å². The quantitative estimate of drug-likeness (QED) is 0.932. The van der Waals surface area contributed by atoms with E-state index in [-0.39, 0.29) is 6.10 Å². The number of aryl methyl sites for hydroxylation is 1. The third kappa shape index (κ3) is 3.17. The van der Waals surface area contributed by atoms with Gasteiger partial charge in [0, 0.05) is 10.6 Å². The standard InChI is InChI=1S/C17H18O2S/c18-14(11-10-13-6-2-1-3-7-13)16-12-20-17-9-5-4-8-15(17)19-16/h1-9,14,16,18H,10-12H2. The van der Waals surface area contributed by atoms with Crippen molar-refractivity contribution in [2.45, 2.75) is 29.9 Å². The highest BCUT2D eigenvalue weighted by atomic mass is 32.2. The van der Waals surface area contributed by atoms with Crippen molar-refractivity contribution >= 4 is 11.8 Å². The second kappa shape index (κ2) is 6.33. The fraction of sp³-hybridized carbons (Fsp3) is 0.294. The largest absolute Gasteiger partial charge is 0.486 e. The third-order valence-corrected chi connectivity index (χ3v) is 4.67. The average Bonchev–Trinajstić information content (AvgIpc) is 2.53. The molecule has 1 N–H and O–H groups in total. The summed E-state index contributed by atoms with van der Waals surface area (Å²) in [5, 5.41) is 10.3. The van der Waals surface area contributed by atoms with Crippen LogP contribution in [0, 0.1) is 0 Å². The first-order valence-electron chi connectivity index (χ1n) is 6.93. The van der Waals surface area contributed by atoms with E-state index in [0.29, 0.717) is 0 Å². The molecule has 1 aliphatic rings. The Morgan fingerprint density at radius 1 is 1.10 bits per heavy atom. The summed E-state index contributed by atoms with van der Waals surface area (Å²) in [5.41, 5.74) is 1.26. The van der Waals surface area contributed by atoms with Crippen LogP contribution in [0.5, 0.6) is 5.75 Å². The lowest BCUT2D eigenvalue weighted by Crippen LogP contribution is -2.36. The summed E-state index contributed by atoms with van der Waals surface area (Å²) in [5.74, 6) is 1.71. The van der Waals surface area contributed by atoms with E-state index >= 15 is 0 Å². The number of rotatable bonds is 4. The number of aliphatic hydroxyl groups excluding tert-OH is 1. The maximum atomic E-state index is 10.3. The van der Waals surface area contributed by atoms with Gasteiger partial charge in [0.1, 0.15) is 11.9 Å². The first-order chi connectivity index (χ1) is 9.83. The van der Waals surface area contributed by atoms with Crippen molar-refractivity contribution in [3.8, 4) is 5.75 Å². The van der Waals surface area contributed by atoms with Crippen LogP contribution in [0.2, 0.25) is 0 Å². The number of benzene rings is 2. The number of hydrogen-bond acceptors (Lipinski definition) is 3. The van der Waals surface area contributed by atoms with Crippen molar-refractivity contribution < 1.29 is 9.84 Å². The highest BCUT2D eigenvalue weighted by molar-refractivity contribution is 7.99. The van der Waals surface area contributed by atoms with Gasteiger partial charge in [-0.15, -0.1) is 11.8 Å². The zero-order valence-electron chi connectivity index (χ0n) is 11.2. The molecule has 2 atom stereocenters. The molecule has 20 heavy (non-hydrogen) atoms. The molecule has 3 heteroatoms. The lowest BCUT2D eigenvalue weighted by atomic mass is 10.0. The van der Waals surface area contributed by atoms with Crippen molar-refractivity contribution in [3.05, 3.63) is 60.2 Å². The van der Waals surface area contributed by atoms with Crippen molar-refractivity contribution in [1.82, 2.24) is 0 Å². The molecule has 0 radical (unpaired) electrons. The Hall–Kier alpha value is -1.45. The molecule has 2 unspecified atom stereocenters. The van der Waals surface area contributed by atoms with Crippen LogP contribution in [0.4, 0.5) is 0 Å². The lowest BCUT2D eigenvalue weighted by Gasteiger charge is -2.29. The Balaban J connectivity index is 1.58. The van der Waals surface area contributed by atoms with Gasteiger partial charge in [0.15, 0.2) is 0 Å². The molecule has 0 saturated heterocycles. The molecule has 0 aliphatic carbocycles. The normalized spacial score (nSPS) is 18.9. The van der Waals surface area contributed by atoms with Crippen molar-refractivity contribution in [2.75, 3.05) is 5.75 Å². The fourth-order valence-corrected chi connectivity index (χ4v) is 3.44. The van der Waals surface area contributed by atoms with E-state index in [0.717, 1.165) is 24.3 Å². The predicted octanol–water partition coefficient (Wildman–Crippen LogP) is 3.53. The molecule has 0 amide bonds. The second-order valence-corrected chi connectivity index (χ2v) is 6.07. The van der Waals surface area contributed by atoms with Gasteiger partial charge in [-0.05, 0) is 30.5 Å². The minimum Gasteiger partial charge on any atom is -0.486 e. The van der Waals surface area contributed by atoms with Crippen LogP contribution >= 0.6 is 11.8 Å². The van der Waals surface area contributed by atoms with Gasteiger partial charge in [-0.2, -0.15) is 0 Å². The van der Waals surface area contributed by atoms with E-state index in [2.05, 4.69) is 18.2 Å². The minimum atomic E-state index is -0.420. The molecular formula is C17H18O2S. The summed E-state index contributed by atoms with van der Waals surface area (Å²) in [7, 11) is 0. The van der Waals surface area contributed by atoms with E-state index in [1.165, 1.54) is 10.5 Å². The van der Waals surface area contributed by atoms with Gasteiger partial charge < -0.3 is 9.84 Å². The first kappa shape index (κ1) is 13.5. The van der Waals surface area contributed by atoms with Crippen molar-refractivity contribution in [2.24, 2.45) is 0 Å². The van der Waals surface area contributed by atoms with E-state index < -0.39 is 6.10 Å². The van der Waals surface area contributed by atoms with Crippen molar-refractivity contribution in [3.63, 3.8) is 0 Å². The molecule has 3 rings (SSSR count). The van der Waals surface area contributed by atoms with E-state index in [1.54, 1.807) is 11.8 Å². The number of ether oxygens (including phenoxy) is 1. The summed E-state index contributed by atoms with van der Waals surface area (Å²) in [6.07, 6.45) is 1.08. The lowest BCUT2D eigenvalue weighted by molar-refractivity contribution is 0.0411. The van der Waals surface area contributed by atoms with Gasteiger partial charge in [0.2, 0.25) is 0 Å². The number of aliphatic hydroxyl groups is 1. The summed E-state index contributed by atoms with van der Waals surface area (Å²) in [6, 6.07) is 18.3. The maximum absolute atomic E-state index is 10.3. The first-order valence-corrected chi connectivity index (χ1v) is 7.92. The van der Waals surface area contributed by atoms with Crippen LogP contribution in [0.25, 0.3) is 0 Å². The monoisotopic (exact) mass is 286 g/mol. The SMILES string of the molecule is OC(CCc1ccccc1)C1CSc2ccccc2O1. The Bertz CT molecular complexity index is 556. The molecule has 2 aromatic carbocycles. The second-order valence-electron chi connectivity index (χ2n) is 5.01. The molecular weight excluding hydrogens is 268 g/mol. The van der Waals surface area contributed by atoms with Gasteiger partial charge in [-0.25, -0.2) is 0 Å². The highest BCUT2D eigenvalue weighted by Crippen LogP contribution is 2.36. The van der Waals surface area contributed by atoms with Crippen molar-refractivity contribution in [1.29, 1.82) is 0 Å². The zero-order chi connectivity index (χ0) is 13.8. The summed E-state index contributed by atoms with van der Waals surface area (Å²) in [6.45, 7) is 0. The number of para-hydroxylation sites is 1. The summed E-state index contributed by atoms with van der Waals surface area (Å²) >= 11 is 1.76. The molecule has 1 aliphatic heterocycles. The maximum Gasteiger partial charge on any atom is 0.134 e. The number of thioether (sulfide) groups is 1. The molecule has 2 aromatic rings. The van der Waals surface area contributed by atoms with E-state index in [9.17, 15) is 5.11 Å². The molecule has 0 fully saturated rings. The van der Waals surface area contributed by atoms with Gasteiger partial charge in [0.05, 0.1) is 6.10 Å². The highest BCUT2D eigenvalue weighted by Gasteiger charge is 2.26. The van der Waals surface area contributed by atoms with Gasteiger partial charge >= 0.3 is 0 Å². The Kier molecular flexibility index (Phi) is 4.28. The Labute approximate surface area is 123 Å². The molecule has 2 nitrogen and oxygen atoms in total. The Morgan fingerprint density at radius 2 is 1.85 bits per heavy atom. The number of fused-ring (bicyclic) bond motifs is 1. The smallest absolute Gasteiger partial charge is 0.134 e. The molecule has 0 bridgehead atoms. The van der Waals surface area contributed by atoms with Crippen LogP contribution in [-0.4, -0.2) is 23.1 Å². The minimum absolute atomic E-state index is 0.112. The van der Waals surface area contributed by atoms with E-state index in [1.807, 2.05) is 36.4 Å². The average molecular weight is 286 g/mol. The van der Waals surface area contributed by atoms with E-state index in [4.69, 9.17) is 4.74 Å². The zero-order valence-corrected chi connectivity index (χ0v) is 12.1. The van der Waals surface area contributed by atoms with Gasteiger partial charge in [0.25, 0.3) is 0 Å². The van der Waals surface area contributed by atoms with Crippen LogP contribution in [-0.2, 0) is 6.42 Å². The molecule has 104 valence electrons. The summed E-state index contributed by atoms with van der Waals surface area (Å²) < 4.78 is 5.91. The number of hydrogen-bond donors (Lipinski definition) is 1. The van der Waals surface area contributed by atoms with Crippen LogP contribution < -0.4 is 4.74 Å². The molecule has 0 saturated carbocycles. The van der Waals surface area contributed by atoms with Gasteiger partial charge in [-0.1, -0.05) is 42.5 Å². The third-order valence-electron chi connectivity index (χ3n) is 3.53. The Morgan fingerprint density at radius 3 is 2.70 bits per heavy atom. The summed E-state index contributed by atoms with van der Waals surface area (Å²) in [4.78, 5) is 1.17. The predicted molar refractivity (Wildman–Crippen MR) is 82.4 cm³/mol. The van der Waals surface area contributed by atoms with Crippen LogP contribution in [0.15, 0.2) is 59.5 Å². The van der Waals surface area contributed by atoms with Gasteiger partial charge in [-0.3, -0.25) is 0 Å². The molecule has 0 aromatic heterocycles.